The fraction of sp³-hybridized carbons (Fsp3) is 1.00. The van der Waals surface area contributed by atoms with Gasteiger partial charge in [0.2, 0.25) is 0 Å². The molecule has 40 heavy (non-hydrogen) atoms. The summed E-state index contributed by atoms with van der Waals surface area (Å²) in [5.74, 6) is 2.41. The average molecular weight is 565 g/mol. The Hall–Kier alpha value is -0.240. The van der Waals surface area contributed by atoms with Gasteiger partial charge >= 0.3 is 0 Å². The Morgan fingerprint density at radius 1 is 0.425 bits per heavy atom. The highest BCUT2D eigenvalue weighted by Crippen LogP contribution is 2.34. The molecule has 1 heterocycles. The lowest BCUT2D eigenvalue weighted by molar-refractivity contribution is -0.316. The summed E-state index contributed by atoms with van der Waals surface area (Å²) in [5, 5.41) is 11.3. The van der Waals surface area contributed by atoms with E-state index in [1.54, 1.807) is 0 Å². The highest BCUT2D eigenvalue weighted by Gasteiger charge is 2.48. The van der Waals surface area contributed by atoms with Crippen LogP contribution in [0.5, 0.6) is 0 Å². The molecule has 1 saturated heterocycles. The largest absolute Gasteiger partial charge is 0.378 e. The van der Waals surface area contributed by atoms with Crippen LogP contribution in [-0.2, 0) is 23.7 Å². The van der Waals surface area contributed by atoms with Gasteiger partial charge in [0.05, 0.1) is 26.4 Å². The maximum atomic E-state index is 11.3. The van der Waals surface area contributed by atoms with Crippen LogP contribution in [-0.4, -0.2) is 68.8 Å². The summed E-state index contributed by atoms with van der Waals surface area (Å²) in [6, 6.07) is 0. The fourth-order valence-corrected chi connectivity index (χ4v) is 8.11. The molecule has 5 atom stereocenters. The molecule has 4 saturated carbocycles. The van der Waals surface area contributed by atoms with Gasteiger partial charge in [0.1, 0.15) is 24.4 Å². The minimum absolute atomic E-state index is 0.281. The molecule has 232 valence electrons. The second-order valence-electron chi connectivity index (χ2n) is 14.0. The maximum Gasteiger partial charge on any atom is 0.184 e. The van der Waals surface area contributed by atoms with E-state index in [9.17, 15) is 5.11 Å². The first-order chi connectivity index (χ1) is 19.8. The van der Waals surface area contributed by atoms with E-state index in [2.05, 4.69) is 0 Å². The third-order valence-electron chi connectivity index (χ3n) is 10.7. The molecule has 6 nitrogen and oxygen atoms in total. The maximum absolute atomic E-state index is 11.3. The second-order valence-corrected chi connectivity index (χ2v) is 14.0. The van der Waals surface area contributed by atoms with Gasteiger partial charge in [-0.1, -0.05) is 77.0 Å². The summed E-state index contributed by atoms with van der Waals surface area (Å²) in [6.07, 6.45) is 23.2. The molecule has 6 heteroatoms. The first kappa shape index (κ1) is 31.2. The van der Waals surface area contributed by atoms with E-state index in [4.69, 9.17) is 23.7 Å². The fourth-order valence-electron chi connectivity index (χ4n) is 8.11. The molecule has 0 aromatic carbocycles. The zero-order valence-corrected chi connectivity index (χ0v) is 25.4. The zero-order valence-electron chi connectivity index (χ0n) is 25.4. The van der Waals surface area contributed by atoms with E-state index in [0.717, 1.165) is 19.8 Å². The molecule has 5 fully saturated rings. The number of rotatable bonds is 13. The van der Waals surface area contributed by atoms with E-state index < -0.39 is 12.4 Å². The van der Waals surface area contributed by atoms with Gasteiger partial charge in [-0.25, -0.2) is 0 Å². The van der Waals surface area contributed by atoms with Crippen LogP contribution < -0.4 is 0 Å². The molecular weight excluding hydrogens is 504 g/mol. The van der Waals surface area contributed by atoms with Crippen molar-refractivity contribution in [3.63, 3.8) is 0 Å². The molecule has 0 bridgehead atoms. The molecule has 5 rings (SSSR count). The van der Waals surface area contributed by atoms with Gasteiger partial charge in [-0.2, -0.15) is 0 Å². The van der Waals surface area contributed by atoms with Crippen LogP contribution in [0.1, 0.15) is 128 Å². The SMILES string of the molecule is OC1O[C@H](COCC2CCCCC2)[C@H](OCC2CCCCC2)[C@H](OCC2CCCCC2)[C@H]1OCC1CCCCC1. The molecule has 0 amide bonds. The van der Waals surface area contributed by atoms with Crippen molar-refractivity contribution in [3.05, 3.63) is 0 Å². The van der Waals surface area contributed by atoms with Crippen molar-refractivity contribution in [1.29, 1.82) is 0 Å². The summed E-state index contributed by atoms with van der Waals surface area (Å²) in [7, 11) is 0. The first-order valence-electron chi connectivity index (χ1n) is 17.5. The topological polar surface area (TPSA) is 66.4 Å². The summed E-state index contributed by atoms with van der Waals surface area (Å²) >= 11 is 0. The number of ether oxygens (including phenoxy) is 5. The van der Waals surface area contributed by atoms with E-state index in [-0.39, 0.29) is 18.3 Å². The lowest BCUT2D eigenvalue weighted by atomic mass is 9.89. The van der Waals surface area contributed by atoms with Crippen molar-refractivity contribution in [2.75, 3.05) is 33.0 Å². The van der Waals surface area contributed by atoms with Gasteiger partial charge < -0.3 is 28.8 Å². The van der Waals surface area contributed by atoms with Crippen LogP contribution in [0, 0.1) is 23.7 Å². The van der Waals surface area contributed by atoms with Gasteiger partial charge in [0.25, 0.3) is 0 Å². The third kappa shape index (κ3) is 9.64. The lowest BCUT2D eigenvalue weighted by Crippen LogP contribution is -2.62. The molecule has 5 aliphatic rings. The number of hydrogen-bond acceptors (Lipinski definition) is 6. The van der Waals surface area contributed by atoms with Crippen molar-refractivity contribution in [2.24, 2.45) is 23.7 Å². The zero-order chi connectivity index (χ0) is 27.4. The Labute approximate surface area is 244 Å². The Morgan fingerprint density at radius 2 is 0.800 bits per heavy atom. The Balaban J connectivity index is 1.26. The Bertz CT molecular complexity index is 665. The predicted molar refractivity (Wildman–Crippen MR) is 157 cm³/mol. The summed E-state index contributed by atoms with van der Waals surface area (Å²) in [6.45, 7) is 3.36. The van der Waals surface area contributed by atoms with Crippen molar-refractivity contribution in [3.8, 4) is 0 Å². The first-order valence-corrected chi connectivity index (χ1v) is 17.5. The van der Waals surface area contributed by atoms with Crippen LogP contribution >= 0.6 is 0 Å². The summed E-state index contributed by atoms with van der Waals surface area (Å²) < 4.78 is 32.7. The average Bonchev–Trinajstić information content (AvgIpc) is 3.01. The molecule has 1 unspecified atom stereocenters. The molecule has 4 aliphatic carbocycles. The van der Waals surface area contributed by atoms with Gasteiger partial charge in [0.15, 0.2) is 6.29 Å². The quantitative estimate of drug-likeness (QED) is 0.255. The number of aliphatic hydroxyl groups is 1. The van der Waals surface area contributed by atoms with E-state index in [1.165, 1.54) is 128 Å². The minimum atomic E-state index is -1.02. The van der Waals surface area contributed by atoms with Crippen LogP contribution in [0.4, 0.5) is 0 Å². The molecule has 0 aromatic rings. The summed E-state index contributed by atoms with van der Waals surface area (Å²) in [4.78, 5) is 0. The molecule has 0 aromatic heterocycles. The standard InChI is InChI=1S/C34H60O6/c35-34-33(39-24-29-19-11-4-12-20-29)32(38-23-28-17-9-3-10-18-28)31(37-22-27-15-7-2-8-16-27)30(40-34)25-36-21-26-13-5-1-6-14-26/h26-35H,1-25H2/t30-,31+,32+,33-,34?/m1/s1. The van der Waals surface area contributed by atoms with E-state index in [0.29, 0.717) is 36.9 Å². The molecule has 1 aliphatic heterocycles. The Kier molecular flexibility index (Phi) is 13.4. The van der Waals surface area contributed by atoms with Crippen molar-refractivity contribution >= 4 is 0 Å². The lowest BCUT2D eigenvalue weighted by Gasteiger charge is -2.45. The van der Waals surface area contributed by atoms with Gasteiger partial charge in [-0.05, 0) is 75.0 Å². The van der Waals surface area contributed by atoms with E-state index >= 15 is 0 Å². The second kappa shape index (κ2) is 17.2. The van der Waals surface area contributed by atoms with Crippen molar-refractivity contribution in [1.82, 2.24) is 0 Å². The van der Waals surface area contributed by atoms with Crippen molar-refractivity contribution in [2.45, 2.75) is 159 Å². The molecular formula is C34H60O6. The smallest absolute Gasteiger partial charge is 0.184 e. The molecule has 1 N–H and O–H groups in total. The number of hydrogen-bond donors (Lipinski definition) is 1. The monoisotopic (exact) mass is 564 g/mol. The number of aliphatic hydroxyl groups excluding tert-OH is 1. The minimum Gasteiger partial charge on any atom is -0.378 e. The molecule has 0 spiro atoms. The van der Waals surface area contributed by atoms with Gasteiger partial charge in [-0.3, -0.25) is 0 Å². The van der Waals surface area contributed by atoms with Crippen LogP contribution in [0.3, 0.4) is 0 Å². The highest BCUT2D eigenvalue weighted by molar-refractivity contribution is 4.93. The Morgan fingerprint density at radius 3 is 1.25 bits per heavy atom. The third-order valence-corrected chi connectivity index (χ3v) is 10.7. The van der Waals surface area contributed by atoms with Gasteiger partial charge in [0, 0.05) is 6.61 Å². The summed E-state index contributed by atoms with van der Waals surface area (Å²) in [5.41, 5.74) is 0. The predicted octanol–water partition coefficient (Wildman–Crippen LogP) is 7.20. The normalized spacial score (nSPS) is 34.3. The van der Waals surface area contributed by atoms with Crippen LogP contribution in [0.25, 0.3) is 0 Å². The van der Waals surface area contributed by atoms with Crippen LogP contribution in [0.2, 0.25) is 0 Å². The molecule has 0 radical (unpaired) electrons. The van der Waals surface area contributed by atoms with Gasteiger partial charge in [-0.15, -0.1) is 0 Å². The van der Waals surface area contributed by atoms with E-state index in [1.807, 2.05) is 0 Å². The van der Waals surface area contributed by atoms with Crippen LogP contribution in [0.15, 0.2) is 0 Å². The van der Waals surface area contributed by atoms with Crippen molar-refractivity contribution < 1.29 is 28.8 Å². The highest BCUT2D eigenvalue weighted by atomic mass is 16.7.